The van der Waals surface area contributed by atoms with Crippen LogP contribution >= 0.6 is 11.3 Å². The Kier molecular flexibility index (Phi) is 5.70. The third-order valence-corrected chi connectivity index (χ3v) is 6.20. The van der Waals surface area contributed by atoms with Crippen LogP contribution in [0.25, 0.3) is 0 Å². The molecule has 1 aromatic heterocycles. The van der Waals surface area contributed by atoms with E-state index in [0.717, 1.165) is 23.4 Å². The number of fused-ring (bicyclic) bond motifs is 1. The van der Waals surface area contributed by atoms with Gasteiger partial charge in [0.2, 0.25) is 0 Å². The standard InChI is InChI=1S/C22H25N3O5S/c1-22(2,3)30-21(28)25-8-6-13(7-9-25)19-24-17(12-31-19)18(26)23-15-5-4-14-11-29-20(27)16(14)10-15/h4-5,10,12-13H,6-9,11H2,1-3H3,(H,23,26). The highest BCUT2D eigenvalue weighted by atomic mass is 32.1. The molecular weight excluding hydrogens is 418 g/mol. The zero-order valence-electron chi connectivity index (χ0n) is 17.8. The third kappa shape index (κ3) is 4.87. The molecule has 164 valence electrons. The highest BCUT2D eigenvalue weighted by Crippen LogP contribution is 2.31. The van der Waals surface area contributed by atoms with Crippen molar-refractivity contribution in [2.75, 3.05) is 18.4 Å². The summed E-state index contributed by atoms with van der Waals surface area (Å²) in [5.74, 6) is -0.486. The number of esters is 1. The number of piperidine rings is 1. The van der Waals surface area contributed by atoms with Gasteiger partial charge < -0.3 is 19.7 Å². The number of anilines is 1. The number of rotatable bonds is 3. The first kappa shape index (κ1) is 21.3. The number of hydrogen-bond donors (Lipinski definition) is 1. The maximum atomic E-state index is 12.6. The quantitative estimate of drug-likeness (QED) is 0.715. The average Bonchev–Trinajstić information content (AvgIpc) is 3.35. The van der Waals surface area contributed by atoms with E-state index in [1.807, 2.05) is 20.8 Å². The maximum absolute atomic E-state index is 12.6. The van der Waals surface area contributed by atoms with Crippen LogP contribution < -0.4 is 5.32 Å². The van der Waals surface area contributed by atoms with Crippen molar-refractivity contribution in [3.63, 3.8) is 0 Å². The molecule has 0 spiro atoms. The molecule has 3 heterocycles. The molecule has 9 heteroatoms. The lowest BCUT2D eigenvalue weighted by molar-refractivity contribution is 0.0204. The van der Waals surface area contributed by atoms with Crippen molar-refractivity contribution in [2.24, 2.45) is 0 Å². The Morgan fingerprint density at radius 3 is 2.71 bits per heavy atom. The number of amides is 2. The number of hydrogen-bond acceptors (Lipinski definition) is 7. The molecule has 1 saturated heterocycles. The number of thiazole rings is 1. The molecule has 0 aliphatic carbocycles. The molecule has 2 aliphatic heterocycles. The number of nitrogens with zero attached hydrogens (tertiary/aromatic N) is 2. The van der Waals surface area contributed by atoms with Crippen LogP contribution in [-0.4, -0.2) is 46.5 Å². The van der Waals surface area contributed by atoms with E-state index in [0.29, 0.717) is 30.0 Å². The van der Waals surface area contributed by atoms with E-state index in [9.17, 15) is 14.4 Å². The highest BCUT2D eigenvalue weighted by molar-refractivity contribution is 7.10. The Balaban J connectivity index is 1.35. The summed E-state index contributed by atoms with van der Waals surface area (Å²) in [6, 6.07) is 5.15. The van der Waals surface area contributed by atoms with E-state index in [1.54, 1.807) is 28.5 Å². The van der Waals surface area contributed by atoms with E-state index < -0.39 is 5.60 Å². The summed E-state index contributed by atoms with van der Waals surface area (Å²) in [6.07, 6.45) is 1.27. The first-order valence-electron chi connectivity index (χ1n) is 10.2. The first-order valence-corrected chi connectivity index (χ1v) is 11.1. The van der Waals surface area contributed by atoms with Crippen molar-refractivity contribution in [1.29, 1.82) is 0 Å². The van der Waals surface area contributed by atoms with Crippen LogP contribution in [-0.2, 0) is 16.1 Å². The first-order chi connectivity index (χ1) is 14.7. The van der Waals surface area contributed by atoms with Gasteiger partial charge in [-0.3, -0.25) is 4.79 Å². The molecular formula is C22H25N3O5S. The van der Waals surface area contributed by atoms with Gasteiger partial charge in [0.1, 0.15) is 17.9 Å². The average molecular weight is 444 g/mol. The van der Waals surface area contributed by atoms with Crippen LogP contribution in [0.15, 0.2) is 23.6 Å². The number of likely N-dealkylation sites (tertiary alicyclic amines) is 1. The molecule has 0 unspecified atom stereocenters. The van der Waals surface area contributed by atoms with Gasteiger partial charge >= 0.3 is 12.1 Å². The van der Waals surface area contributed by atoms with E-state index in [-0.39, 0.29) is 30.5 Å². The van der Waals surface area contributed by atoms with Gasteiger partial charge in [-0.15, -0.1) is 11.3 Å². The minimum absolute atomic E-state index is 0.208. The van der Waals surface area contributed by atoms with Crippen molar-refractivity contribution in [3.05, 3.63) is 45.4 Å². The maximum Gasteiger partial charge on any atom is 0.410 e. The van der Waals surface area contributed by atoms with Crippen LogP contribution in [0.3, 0.4) is 0 Å². The van der Waals surface area contributed by atoms with E-state index in [2.05, 4.69) is 10.3 Å². The van der Waals surface area contributed by atoms with E-state index in [1.165, 1.54) is 11.3 Å². The van der Waals surface area contributed by atoms with Gasteiger partial charge in [-0.2, -0.15) is 0 Å². The number of cyclic esters (lactones) is 1. The minimum atomic E-state index is -0.509. The molecule has 2 aliphatic rings. The summed E-state index contributed by atoms with van der Waals surface area (Å²) in [4.78, 5) is 42.8. The molecule has 0 bridgehead atoms. The van der Waals surface area contributed by atoms with Gasteiger partial charge in [0.25, 0.3) is 5.91 Å². The normalized spacial score (nSPS) is 16.6. The minimum Gasteiger partial charge on any atom is -0.457 e. The topological polar surface area (TPSA) is 97.8 Å². The molecule has 1 aromatic carbocycles. The van der Waals surface area contributed by atoms with Crippen LogP contribution in [0.4, 0.5) is 10.5 Å². The summed E-state index contributed by atoms with van der Waals surface area (Å²) >= 11 is 1.45. The lowest BCUT2D eigenvalue weighted by Crippen LogP contribution is -2.41. The fraction of sp³-hybridized carbons (Fsp3) is 0.455. The number of ether oxygens (including phenoxy) is 2. The summed E-state index contributed by atoms with van der Waals surface area (Å²) in [5, 5.41) is 5.43. The van der Waals surface area contributed by atoms with Crippen molar-refractivity contribution >= 4 is 35.0 Å². The summed E-state index contributed by atoms with van der Waals surface area (Å²) in [7, 11) is 0. The zero-order valence-corrected chi connectivity index (χ0v) is 18.6. The van der Waals surface area contributed by atoms with Gasteiger partial charge in [0.15, 0.2) is 0 Å². The molecule has 0 radical (unpaired) electrons. The second-order valence-corrected chi connectivity index (χ2v) is 9.60. The molecule has 31 heavy (non-hydrogen) atoms. The molecule has 0 atom stereocenters. The SMILES string of the molecule is CC(C)(C)OC(=O)N1CCC(c2nc(C(=O)Nc3ccc4c(c3)C(=O)OC4)cs2)CC1. The van der Waals surface area contributed by atoms with Crippen LogP contribution in [0, 0.1) is 0 Å². The smallest absolute Gasteiger partial charge is 0.410 e. The Hall–Kier alpha value is -2.94. The summed E-state index contributed by atoms with van der Waals surface area (Å²) < 4.78 is 10.4. The fourth-order valence-corrected chi connectivity index (χ4v) is 4.57. The van der Waals surface area contributed by atoms with Crippen molar-refractivity contribution in [2.45, 2.75) is 51.7 Å². The molecule has 8 nitrogen and oxygen atoms in total. The van der Waals surface area contributed by atoms with Gasteiger partial charge in [-0.05, 0) is 45.7 Å². The van der Waals surface area contributed by atoms with Gasteiger partial charge in [0, 0.05) is 35.6 Å². The Morgan fingerprint density at radius 1 is 1.26 bits per heavy atom. The van der Waals surface area contributed by atoms with Crippen molar-refractivity contribution in [3.8, 4) is 0 Å². The largest absolute Gasteiger partial charge is 0.457 e. The number of aromatic nitrogens is 1. The lowest BCUT2D eigenvalue weighted by Gasteiger charge is -2.32. The molecule has 1 N–H and O–H groups in total. The Bertz CT molecular complexity index is 1020. The van der Waals surface area contributed by atoms with Gasteiger partial charge in [0.05, 0.1) is 10.6 Å². The number of benzene rings is 1. The van der Waals surface area contributed by atoms with Crippen molar-refractivity contribution < 1.29 is 23.9 Å². The van der Waals surface area contributed by atoms with Gasteiger partial charge in [-0.25, -0.2) is 14.6 Å². The number of carbonyl (C=O) groups is 3. The molecule has 2 amide bonds. The lowest BCUT2D eigenvalue weighted by atomic mass is 9.98. The van der Waals surface area contributed by atoms with Crippen LogP contribution in [0.1, 0.15) is 70.9 Å². The molecule has 1 fully saturated rings. The summed E-state index contributed by atoms with van der Waals surface area (Å²) in [6.45, 7) is 7.04. The second-order valence-electron chi connectivity index (χ2n) is 8.71. The van der Waals surface area contributed by atoms with E-state index in [4.69, 9.17) is 9.47 Å². The van der Waals surface area contributed by atoms with Crippen molar-refractivity contribution in [1.82, 2.24) is 9.88 Å². The van der Waals surface area contributed by atoms with Crippen LogP contribution in [0.2, 0.25) is 0 Å². The Morgan fingerprint density at radius 2 is 2.00 bits per heavy atom. The highest BCUT2D eigenvalue weighted by Gasteiger charge is 2.29. The Labute approximate surface area is 184 Å². The summed E-state index contributed by atoms with van der Waals surface area (Å²) in [5.41, 5.74) is 1.66. The fourth-order valence-electron chi connectivity index (χ4n) is 3.60. The molecule has 2 aromatic rings. The van der Waals surface area contributed by atoms with Crippen LogP contribution in [0.5, 0.6) is 0 Å². The molecule has 4 rings (SSSR count). The number of nitrogens with one attached hydrogen (secondary N) is 1. The predicted octanol–water partition coefficient (Wildman–Crippen LogP) is 4.18. The zero-order chi connectivity index (χ0) is 22.2. The second kappa shape index (κ2) is 8.30. The van der Waals surface area contributed by atoms with E-state index >= 15 is 0 Å². The monoisotopic (exact) mass is 443 g/mol. The number of carbonyl (C=O) groups excluding carboxylic acids is 3. The third-order valence-electron chi connectivity index (χ3n) is 5.20. The molecule has 0 saturated carbocycles. The van der Waals surface area contributed by atoms with Gasteiger partial charge in [-0.1, -0.05) is 6.07 Å². The predicted molar refractivity (Wildman–Crippen MR) is 115 cm³/mol.